The van der Waals surface area contributed by atoms with Gasteiger partial charge in [0.2, 0.25) is 0 Å². The van der Waals surface area contributed by atoms with Crippen molar-refractivity contribution in [3.8, 4) is 6.07 Å². The summed E-state index contributed by atoms with van der Waals surface area (Å²) in [7, 11) is 0. The number of aliphatic hydroxyl groups excluding tert-OH is 2. The van der Waals surface area contributed by atoms with E-state index in [0.717, 1.165) is 0 Å². The SMILES string of the molecule is N#Cc1ccnc(N2CC(O)C(O)C2)c1N. The molecule has 84 valence electrons. The summed E-state index contributed by atoms with van der Waals surface area (Å²) < 4.78 is 0. The average molecular weight is 220 g/mol. The molecule has 0 aliphatic carbocycles. The molecule has 16 heavy (non-hydrogen) atoms. The van der Waals surface area contributed by atoms with Crippen molar-refractivity contribution < 1.29 is 10.2 Å². The van der Waals surface area contributed by atoms with Gasteiger partial charge in [0, 0.05) is 19.3 Å². The third-order valence-electron chi connectivity index (χ3n) is 2.65. The Labute approximate surface area is 92.6 Å². The minimum Gasteiger partial charge on any atom is -0.395 e. The Kier molecular flexibility index (Phi) is 2.64. The number of anilines is 2. The molecule has 0 radical (unpaired) electrons. The Morgan fingerprint density at radius 1 is 1.44 bits per heavy atom. The molecule has 1 aliphatic heterocycles. The number of aromatic nitrogens is 1. The number of aliphatic hydroxyl groups is 2. The average Bonchev–Trinajstić information content (AvgIpc) is 2.59. The van der Waals surface area contributed by atoms with Crippen LogP contribution < -0.4 is 10.6 Å². The van der Waals surface area contributed by atoms with E-state index in [4.69, 9.17) is 11.0 Å². The molecule has 4 N–H and O–H groups in total. The Balaban J connectivity index is 2.32. The van der Waals surface area contributed by atoms with Crippen molar-refractivity contribution in [3.05, 3.63) is 17.8 Å². The van der Waals surface area contributed by atoms with Crippen LogP contribution in [-0.2, 0) is 0 Å². The van der Waals surface area contributed by atoms with Crippen LogP contribution in [0.2, 0.25) is 0 Å². The lowest BCUT2D eigenvalue weighted by molar-refractivity contribution is 0.0572. The molecule has 1 aliphatic rings. The predicted octanol–water partition coefficient (Wildman–Crippen LogP) is -0.923. The third kappa shape index (κ3) is 1.66. The van der Waals surface area contributed by atoms with Gasteiger partial charge in [0.05, 0.1) is 23.5 Å². The lowest BCUT2D eigenvalue weighted by Gasteiger charge is -2.18. The Morgan fingerprint density at radius 2 is 2.06 bits per heavy atom. The second-order valence-corrected chi connectivity index (χ2v) is 3.75. The maximum atomic E-state index is 9.42. The number of β-amino-alcohol motifs (C(OH)–C–C–N with tert-alkyl or cyclic N) is 2. The van der Waals surface area contributed by atoms with E-state index in [1.807, 2.05) is 6.07 Å². The van der Waals surface area contributed by atoms with Gasteiger partial charge in [0.15, 0.2) is 5.82 Å². The summed E-state index contributed by atoms with van der Waals surface area (Å²) in [5, 5.41) is 27.7. The van der Waals surface area contributed by atoms with E-state index in [-0.39, 0.29) is 18.8 Å². The van der Waals surface area contributed by atoms with Gasteiger partial charge in [0.25, 0.3) is 0 Å². The Morgan fingerprint density at radius 3 is 2.62 bits per heavy atom. The predicted molar refractivity (Wildman–Crippen MR) is 57.6 cm³/mol. The standard InChI is InChI=1S/C10H12N4O2/c11-3-6-1-2-13-10(9(6)12)14-4-7(15)8(16)5-14/h1-2,7-8,15-16H,4-5,12H2. The highest BCUT2D eigenvalue weighted by Crippen LogP contribution is 2.26. The fraction of sp³-hybridized carbons (Fsp3) is 0.400. The number of nitriles is 1. The van der Waals surface area contributed by atoms with Crippen molar-refractivity contribution in [2.75, 3.05) is 23.7 Å². The number of hydrogen-bond acceptors (Lipinski definition) is 6. The first-order valence-electron chi connectivity index (χ1n) is 4.89. The zero-order valence-corrected chi connectivity index (χ0v) is 8.54. The van der Waals surface area contributed by atoms with Crippen LogP contribution in [0.5, 0.6) is 0 Å². The van der Waals surface area contributed by atoms with Gasteiger partial charge < -0.3 is 20.8 Å². The van der Waals surface area contributed by atoms with Crippen molar-refractivity contribution in [1.29, 1.82) is 5.26 Å². The quantitative estimate of drug-likeness (QED) is 0.565. The summed E-state index contributed by atoms with van der Waals surface area (Å²) in [6.07, 6.45) is -0.111. The van der Waals surface area contributed by atoms with Crippen LogP contribution in [0.3, 0.4) is 0 Å². The first-order chi connectivity index (χ1) is 7.63. The highest BCUT2D eigenvalue weighted by molar-refractivity contribution is 5.70. The maximum absolute atomic E-state index is 9.42. The number of pyridine rings is 1. The molecule has 2 unspecified atom stereocenters. The maximum Gasteiger partial charge on any atom is 0.153 e. The zero-order chi connectivity index (χ0) is 11.7. The van der Waals surface area contributed by atoms with Crippen molar-refractivity contribution >= 4 is 11.5 Å². The molecule has 1 fully saturated rings. The summed E-state index contributed by atoms with van der Waals surface area (Å²) in [5.41, 5.74) is 6.41. The van der Waals surface area contributed by atoms with Crippen LogP contribution >= 0.6 is 0 Å². The number of hydrogen-bond donors (Lipinski definition) is 3. The molecule has 1 aromatic heterocycles. The van der Waals surface area contributed by atoms with Gasteiger partial charge in [-0.05, 0) is 6.07 Å². The molecule has 2 atom stereocenters. The van der Waals surface area contributed by atoms with Gasteiger partial charge in [-0.25, -0.2) is 4.98 Å². The highest BCUT2D eigenvalue weighted by Gasteiger charge is 2.31. The topological polar surface area (TPSA) is 106 Å². The van der Waals surface area contributed by atoms with Gasteiger partial charge in [0.1, 0.15) is 6.07 Å². The van der Waals surface area contributed by atoms with Crippen molar-refractivity contribution in [1.82, 2.24) is 4.98 Å². The minimum absolute atomic E-state index is 0.271. The summed E-state index contributed by atoms with van der Waals surface area (Å²) >= 11 is 0. The molecular weight excluding hydrogens is 208 g/mol. The van der Waals surface area contributed by atoms with Gasteiger partial charge in [-0.2, -0.15) is 5.26 Å². The minimum atomic E-state index is -0.799. The molecule has 0 aromatic carbocycles. The number of nitrogens with zero attached hydrogens (tertiary/aromatic N) is 3. The van der Waals surface area contributed by atoms with E-state index in [0.29, 0.717) is 11.4 Å². The van der Waals surface area contributed by atoms with Gasteiger partial charge in [-0.3, -0.25) is 0 Å². The molecule has 0 saturated carbocycles. The normalized spacial score (nSPS) is 24.4. The van der Waals surface area contributed by atoms with Crippen LogP contribution in [0.25, 0.3) is 0 Å². The van der Waals surface area contributed by atoms with E-state index in [9.17, 15) is 10.2 Å². The molecule has 0 bridgehead atoms. The Hall–Kier alpha value is -1.84. The van der Waals surface area contributed by atoms with Crippen molar-refractivity contribution in [2.24, 2.45) is 0 Å². The van der Waals surface area contributed by atoms with E-state index in [2.05, 4.69) is 4.98 Å². The smallest absolute Gasteiger partial charge is 0.153 e. The van der Waals surface area contributed by atoms with Crippen LogP contribution in [0.1, 0.15) is 5.56 Å². The lowest BCUT2D eigenvalue weighted by Crippen LogP contribution is -2.23. The molecule has 1 saturated heterocycles. The van der Waals surface area contributed by atoms with Crippen LogP contribution in [0, 0.1) is 11.3 Å². The van der Waals surface area contributed by atoms with Gasteiger partial charge in [-0.15, -0.1) is 0 Å². The van der Waals surface area contributed by atoms with E-state index in [1.54, 1.807) is 4.90 Å². The Bertz CT molecular complexity index is 433. The van der Waals surface area contributed by atoms with Crippen molar-refractivity contribution in [2.45, 2.75) is 12.2 Å². The molecular formula is C10H12N4O2. The van der Waals surface area contributed by atoms with Crippen molar-refractivity contribution in [3.63, 3.8) is 0 Å². The van der Waals surface area contributed by atoms with E-state index >= 15 is 0 Å². The molecule has 0 amide bonds. The first kappa shape index (κ1) is 10.7. The number of nitrogen functional groups attached to an aromatic ring is 1. The summed E-state index contributed by atoms with van der Waals surface area (Å²) in [6.45, 7) is 0.542. The summed E-state index contributed by atoms with van der Waals surface area (Å²) in [6, 6.07) is 3.49. The summed E-state index contributed by atoms with van der Waals surface area (Å²) in [5.74, 6) is 0.439. The lowest BCUT2D eigenvalue weighted by atomic mass is 10.2. The summed E-state index contributed by atoms with van der Waals surface area (Å²) in [4.78, 5) is 5.74. The fourth-order valence-corrected chi connectivity index (χ4v) is 1.75. The van der Waals surface area contributed by atoms with Crippen LogP contribution in [0.15, 0.2) is 12.3 Å². The number of nitrogens with two attached hydrogens (primary N) is 1. The molecule has 0 spiro atoms. The zero-order valence-electron chi connectivity index (χ0n) is 8.54. The van der Waals surface area contributed by atoms with Crippen LogP contribution in [0.4, 0.5) is 11.5 Å². The van der Waals surface area contributed by atoms with E-state index < -0.39 is 12.2 Å². The first-order valence-corrected chi connectivity index (χ1v) is 4.89. The molecule has 2 rings (SSSR count). The molecule has 1 aromatic rings. The monoisotopic (exact) mass is 220 g/mol. The molecule has 2 heterocycles. The largest absolute Gasteiger partial charge is 0.395 e. The fourth-order valence-electron chi connectivity index (χ4n) is 1.75. The molecule has 6 heteroatoms. The van der Waals surface area contributed by atoms with E-state index in [1.165, 1.54) is 12.3 Å². The number of rotatable bonds is 1. The highest BCUT2D eigenvalue weighted by atomic mass is 16.3. The van der Waals surface area contributed by atoms with Crippen LogP contribution in [-0.4, -0.2) is 40.5 Å². The third-order valence-corrected chi connectivity index (χ3v) is 2.65. The van der Waals surface area contributed by atoms with Gasteiger partial charge >= 0.3 is 0 Å². The second kappa shape index (κ2) is 3.96. The molecule has 6 nitrogen and oxygen atoms in total. The van der Waals surface area contributed by atoms with Gasteiger partial charge in [-0.1, -0.05) is 0 Å². The second-order valence-electron chi connectivity index (χ2n) is 3.75.